The third-order valence-corrected chi connectivity index (χ3v) is 5.28. The van der Waals surface area contributed by atoms with Gasteiger partial charge in [0, 0.05) is 29.3 Å². The Bertz CT molecular complexity index is 1210. The number of nitrogens with one attached hydrogen (secondary N) is 2. The Hall–Kier alpha value is -3.06. The van der Waals surface area contributed by atoms with Crippen molar-refractivity contribution in [3.8, 4) is 11.1 Å². The van der Waals surface area contributed by atoms with Crippen molar-refractivity contribution < 1.29 is 4.39 Å². The van der Waals surface area contributed by atoms with Crippen LogP contribution in [-0.4, -0.2) is 32.7 Å². The summed E-state index contributed by atoms with van der Waals surface area (Å²) >= 11 is 0. The molecule has 0 unspecified atom stereocenters. The first kappa shape index (κ1) is 16.1. The zero-order chi connectivity index (χ0) is 18.4. The van der Waals surface area contributed by atoms with Crippen LogP contribution in [0.5, 0.6) is 0 Å². The number of benzene rings is 1. The van der Waals surface area contributed by atoms with Crippen molar-refractivity contribution in [3.05, 3.63) is 64.7 Å². The Morgan fingerprint density at radius 3 is 2.81 bits per heavy atom. The maximum atomic E-state index is 14.7. The van der Waals surface area contributed by atoms with Crippen LogP contribution in [0.3, 0.4) is 0 Å². The second-order valence-electron chi connectivity index (χ2n) is 7.00. The minimum Gasteiger partial charge on any atom is -0.317 e. The molecule has 1 saturated heterocycles. The minimum atomic E-state index is -0.364. The number of aromatic amines is 1. The summed E-state index contributed by atoms with van der Waals surface area (Å²) in [6.07, 6.45) is 7.42. The van der Waals surface area contributed by atoms with E-state index in [1.807, 2.05) is 24.5 Å². The summed E-state index contributed by atoms with van der Waals surface area (Å²) in [5.41, 5.74) is 2.50. The topological polar surface area (TPSA) is 75.1 Å². The second-order valence-corrected chi connectivity index (χ2v) is 7.00. The van der Waals surface area contributed by atoms with Gasteiger partial charge in [0.1, 0.15) is 0 Å². The van der Waals surface area contributed by atoms with E-state index in [1.165, 1.54) is 6.07 Å². The number of piperidine rings is 1. The van der Waals surface area contributed by atoms with Crippen molar-refractivity contribution in [2.24, 2.45) is 0 Å². The predicted octanol–water partition coefficient (Wildman–Crippen LogP) is 2.84. The van der Waals surface area contributed by atoms with Crippen molar-refractivity contribution in [2.75, 3.05) is 13.1 Å². The van der Waals surface area contributed by atoms with Crippen LogP contribution >= 0.6 is 0 Å². The van der Waals surface area contributed by atoms with Crippen LogP contribution in [0.15, 0.2) is 47.7 Å². The number of nitrogens with zero attached hydrogens (tertiary/aromatic N) is 3. The molecule has 0 aliphatic carbocycles. The summed E-state index contributed by atoms with van der Waals surface area (Å²) in [6, 6.07) is 6.93. The Morgan fingerprint density at radius 2 is 1.96 bits per heavy atom. The monoisotopic (exact) mass is 363 g/mol. The van der Waals surface area contributed by atoms with E-state index >= 15 is 0 Å². The lowest BCUT2D eigenvalue weighted by molar-refractivity contribution is 0.454. The number of hydrogen-bond acceptors (Lipinski definition) is 4. The molecule has 4 aromatic rings. The van der Waals surface area contributed by atoms with Gasteiger partial charge in [-0.1, -0.05) is 12.1 Å². The highest BCUT2D eigenvalue weighted by Gasteiger charge is 2.19. The molecule has 1 aliphatic heterocycles. The van der Waals surface area contributed by atoms with E-state index in [9.17, 15) is 9.18 Å². The van der Waals surface area contributed by atoms with Crippen molar-refractivity contribution in [3.63, 3.8) is 0 Å². The number of imidazole rings is 1. The number of rotatable bonds is 2. The molecule has 3 aromatic heterocycles. The summed E-state index contributed by atoms with van der Waals surface area (Å²) < 4.78 is 16.5. The number of hydrogen-bond donors (Lipinski definition) is 2. The van der Waals surface area contributed by atoms with Gasteiger partial charge in [-0.3, -0.25) is 4.79 Å². The van der Waals surface area contributed by atoms with Crippen molar-refractivity contribution >= 4 is 16.4 Å². The lowest BCUT2D eigenvalue weighted by atomic mass is 9.95. The largest absolute Gasteiger partial charge is 0.317 e. The highest BCUT2D eigenvalue weighted by Crippen LogP contribution is 2.28. The van der Waals surface area contributed by atoms with E-state index in [2.05, 4.69) is 20.5 Å². The second kappa shape index (κ2) is 6.28. The van der Waals surface area contributed by atoms with Gasteiger partial charge in [0.15, 0.2) is 11.5 Å². The molecule has 1 fully saturated rings. The van der Waals surface area contributed by atoms with Gasteiger partial charge in [0.2, 0.25) is 0 Å². The van der Waals surface area contributed by atoms with Crippen LogP contribution in [0.1, 0.15) is 24.5 Å². The first-order valence-electron chi connectivity index (χ1n) is 9.06. The molecule has 0 atom stereocenters. The average Bonchev–Trinajstić information content (AvgIpc) is 3.14. The molecule has 1 aromatic carbocycles. The van der Waals surface area contributed by atoms with Gasteiger partial charge in [-0.25, -0.2) is 14.5 Å². The van der Waals surface area contributed by atoms with E-state index in [1.54, 1.807) is 16.7 Å². The van der Waals surface area contributed by atoms with Gasteiger partial charge in [-0.05, 0) is 43.6 Å². The van der Waals surface area contributed by atoms with E-state index in [0.717, 1.165) is 42.6 Å². The fourth-order valence-electron chi connectivity index (χ4n) is 3.81. The molecule has 6 nitrogen and oxygen atoms in total. The number of H-pyrrole nitrogens is 1. The SMILES string of the molecule is O=c1[nH]ncc2ccc(-c3cc(F)c4nc(C5CCNCC5)cn4c3)cc12. The zero-order valence-electron chi connectivity index (χ0n) is 14.6. The molecule has 136 valence electrons. The van der Waals surface area contributed by atoms with Crippen LogP contribution in [0.4, 0.5) is 4.39 Å². The Kier molecular flexibility index (Phi) is 3.75. The molecule has 0 spiro atoms. The Balaban J connectivity index is 1.61. The van der Waals surface area contributed by atoms with E-state index in [0.29, 0.717) is 22.5 Å². The van der Waals surface area contributed by atoms with E-state index in [4.69, 9.17) is 0 Å². The van der Waals surface area contributed by atoms with Gasteiger partial charge in [-0.2, -0.15) is 5.10 Å². The standard InChI is InChI=1S/C20H18FN5O/c21-17-8-15(13-1-2-14-9-23-25-20(27)16(14)7-13)10-26-11-18(24-19(17)26)12-3-5-22-6-4-12/h1-2,7-12,22H,3-6H2,(H,25,27). The van der Waals surface area contributed by atoms with Gasteiger partial charge in [0.05, 0.1) is 17.3 Å². The van der Waals surface area contributed by atoms with Gasteiger partial charge in [-0.15, -0.1) is 0 Å². The first-order valence-corrected chi connectivity index (χ1v) is 9.06. The van der Waals surface area contributed by atoms with Crippen LogP contribution < -0.4 is 10.9 Å². The molecule has 27 heavy (non-hydrogen) atoms. The molecular weight excluding hydrogens is 345 g/mol. The lowest BCUT2D eigenvalue weighted by Gasteiger charge is -2.20. The average molecular weight is 363 g/mol. The van der Waals surface area contributed by atoms with Crippen molar-refractivity contribution in [1.29, 1.82) is 0 Å². The van der Waals surface area contributed by atoms with E-state index in [-0.39, 0.29) is 11.4 Å². The number of pyridine rings is 1. The highest BCUT2D eigenvalue weighted by atomic mass is 19.1. The summed E-state index contributed by atoms with van der Waals surface area (Å²) in [5.74, 6) is -0.00264. The highest BCUT2D eigenvalue weighted by molar-refractivity contribution is 5.85. The molecule has 0 bridgehead atoms. The van der Waals surface area contributed by atoms with E-state index < -0.39 is 0 Å². The Morgan fingerprint density at radius 1 is 1.11 bits per heavy atom. The van der Waals surface area contributed by atoms with Gasteiger partial charge >= 0.3 is 0 Å². The predicted molar refractivity (Wildman–Crippen MR) is 101 cm³/mol. The first-order chi connectivity index (χ1) is 13.2. The molecule has 0 saturated carbocycles. The van der Waals surface area contributed by atoms with Crippen LogP contribution in [-0.2, 0) is 0 Å². The maximum absolute atomic E-state index is 14.7. The molecule has 0 amide bonds. The summed E-state index contributed by atoms with van der Waals surface area (Å²) in [5, 5.41) is 10.9. The summed E-state index contributed by atoms with van der Waals surface area (Å²) in [4.78, 5) is 16.5. The van der Waals surface area contributed by atoms with Crippen LogP contribution in [0.2, 0.25) is 0 Å². The van der Waals surface area contributed by atoms with Crippen LogP contribution in [0, 0.1) is 5.82 Å². The molecule has 5 rings (SSSR count). The third-order valence-electron chi connectivity index (χ3n) is 5.28. The number of halogens is 1. The zero-order valence-corrected chi connectivity index (χ0v) is 14.6. The van der Waals surface area contributed by atoms with Crippen LogP contribution in [0.25, 0.3) is 27.5 Å². The molecule has 1 aliphatic rings. The number of aromatic nitrogens is 4. The third kappa shape index (κ3) is 2.80. The molecule has 4 heterocycles. The Labute approximate surface area is 154 Å². The fourth-order valence-corrected chi connectivity index (χ4v) is 3.81. The molecule has 7 heteroatoms. The molecule has 0 radical (unpaired) electrons. The lowest BCUT2D eigenvalue weighted by Crippen LogP contribution is -2.26. The van der Waals surface area contributed by atoms with Crippen molar-refractivity contribution in [1.82, 2.24) is 24.9 Å². The van der Waals surface area contributed by atoms with Crippen molar-refractivity contribution in [2.45, 2.75) is 18.8 Å². The fraction of sp³-hybridized carbons (Fsp3) is 0.250. The smallest absolute Gasteiger partial charge is 0.272 e. The minimum absolute atomic E-state index is 0.258. The molecule has 2 N–H and O–H groups in total. The number of fused-ring (bicyclic) bond motifs is 2. The molecular formula is C20H18FN5O. The quantitative estimate of drug-likeness (QED) is 0.574. The van der Waals surface area contributed by atoms with Gasteiger partial charge < -0.3 is 9.72 Å². The summed E-state index contributed by atoms with van der Waals surface area (Å²) in [6.45, 7) is 1.93. The maximum Gasteiger partial charge on any atom is 0.272 e. The normalized spacial score (nSPS) is 15.6. The summed E-state index contributed by atoms with van der Waals surface area (Å²) in [7, 11) is 0. The van der Waals surface area contributed by atoms with Gasteiger partial charge in [0.25, 0.3) is 5.56 Å².